The summed E-state index contributed by atoms with van der Waals surface area (Å²) in [7, 11) is 0. The molecular weight excluding hydrogens is 212 g/mol. The standard InChI is InChI=1S/C14H22N2O/c1-11-4-3-5-12(2)13(11)16-8-6-14(17,10-15)7-9-16/h3-5,17H,6-10,15H2,1-2H3. The number of nitrogens with two attached hydrogens (primary N) is 1. The molecule has 0 spiro atoms. The van der Waals surface area contributed by atoms with Crippen molar-refractivity contribution in [3.63, 3.8) is 0 Å². The van der Waals surface area contributed by atoms with Gasteiger partial charge in [-0.05, 0) is 37.8 Å². The van der Waals surface area contributed by atoms with Gasteiger partial charge in [0.05, 0.1) is 5.60 Å². The van der Waals surface area contributed by atoms with Gasteiger partial charge in [-0.25, -0.2) is 0 Å². The number of anilines is 1. The minimum Gasteiger partial charge on any atom is -0.388 e. The third-order valence-electron chi connectivity index (χ3n) is 3.83. The molecule has 0 amide bonds. The minimum atomic E-state index is -0.646. The molecule has 1 aliphatic rings. The number of para-hydroxylation sites is 1. The van der Waals surface area contributed by atoms with Crippen molar-refractivity contribution in [2.45, 2.75) is 32.3 Å². The molecule has 1 aromatic rings. The second-order valence-corrected chi connectivity index (χ2v) is 5.16. The molecule has 0 aliphatic carbocycles. The van der Waals surface area contributed by atoms with Crippen LogP contribution in [0, 0.1) is 13.8 Å². The predicted octanol–water partition coefficient (Wildman–Crippen LogP) is 1.59. The zero-order valence-corrected chi connectivity index (χ0v) is 10.7. The number of hydrogen-bond donors (Lipinski definition) is 2. The smallest absolute Gasteiger partial charge is 0.0803 e. The van der Waals surface area contributed by atoms with Crippen LogP contribution in [0.15, 0.2) is 18.2 Å². The Hall–Kier alpha value is -1.06. The summed E-state index contributed by atoms with van der Waals surface area (Å²) in [6.07, 6.45) is 1.52. The van der Waals surface area contributed by atoms with Gasteiger partial charge in [0.1, 0.15) is 0 Å². The first kappa shape index (κ1) is 12.4. The molecule has 3 nitrogen and oxygen atoms in total. The number of aryl methyl sites for hydroxylation is 2. The average molecular weight is 234 g/mol. The van der Waals surface area contributed by atoms with Crippen molar-refractivity contribution in [2.24, 2.45) is 5.73 Å². The van der Waals surface area contributed by atoms with Crippen molar-refractivity contribution in [1.29, 1.82) is 0 Å². The Morgan fingerprint density at radius 3 is 2.24 bits per heavy atom. The van der Waals surface area contributed by atoms with Gasteiger partial charge in [0.25, 0.3) is 0 Å². The van der Waals surface area contributed by atoms with E-state index in [0.717, 1.165) is 25.9 Å². The number of hydrogen-bond acceptors (Lipinski definition) is 3. The van der Waals surface area contributed by atoms with Gasteiger partial charge < -0.3 is 15.7 Å². The molecule has 17 heavy (non-hydrogen) atoms. The molecule has 1 saturated heterocycles. The summed E-state index contributed by atoms with van der Waals surface area (Å²) in [6.45, 7) is 6.44. The van der Waals surface area contributed by atoms with Gasteiger partial charge in [0.15, 0.2) is 0 Å². The molecule has 0 saturated carbocycles. The lowest BCUT2D eigenvalue weighted by molar-refractivity contribution is 0.0249. The maximum atomic E-state index is 10.1. The summed E-state index contributed by atoms with van der Waals surface area (Å²) < 4.78 is 0. The van der Waals surface area contributed by atoms with E-state index in [-0.39, 0.29) is 0 Å². The lowest BCUT2D eigenvalue weighted by Gasteiger charge is -2.39. The molecule has 94 valence electrons. The molecule has 1 heterocycles. The lowest BCUT2D eigenvalue weighted by atomic mass is 9.90. The topological polar surface area (TPSA) is 49.5 Å². The molecule has 0 aromatic heterocycles. The summed E-state index contributed by atoms with van der Waals surface area (Å²) in [4.78, 5) is 2.37. The molecule has 0 radical (unpaired) electrons. The van der Waals surface area contributed by atoms with Crippen molar-refractivity contribution >= 4 is 5.69 Å². The Morgan fingerprint density at radius 2 is 1.76 bits per heavy atom. The van der Waals surface area contributed by atoms with E-state index in [1.54, 1.807) is 0 Å². The molecule has 1 aromatic carbocycles. The SMILES string of the molecule is Cc1cccc(C)c1N1CCC(O)(CN)CC1. The van der Waals surface area contributed by atoms with Gasteiger partial charge in [-0.2, -0.15) is 0 Å². The lowest BCUT2D eigenvalue weighted by Crippen LogP contribution is -2.49. The van der Waals surface area contributed by atoms with Gasteiger partial charge in [0.2, 0.25) is 0 Å². The van der Waals surface area contributed by atoms with Crippen LogP contribution in [-0.2, 0) is 0 Å². The van der Waals surface area contributed by atoms with E-state index in [1.165, 1.54) is 16.8 Å². The number of piperidine rings is 1. The summed E-state index contributed by atoms with van der Waals surface area (Å²) in [5.41, 5.74) is 8.91. The van der Waals surface area contributed by atoms with Crippen LogP contribution >= 0.6 is 0 Å². The van der Waals surface area contributed by atoms with Gasteiger partial charge in [0, 0.05) is 25.3 Å². The third-order valence-corrected chi connectivity index (χ3v) is 3.83. The Kier molecular flexibility index (Phi) is 3.40. The van der Waals surface area contributed by atoms with Gasteiger partial charge in [-0.3, -0.25) is 0 Å². The van der Waals surface area contributed by atoms with Crippen LogP contribution in [0.4, 0.5) is 5.69 Å². The quantitative estimate of drug-likeness (QED) is 0.817. The van der Waals surface area contributed by atoms with Gasteiger partial charge in [-0.15, -0.1) is 0 Å². The van der Waals surface area contributed by atoms with E-state index in [4.69, 9.17) is 5.73 Å². The normalized spacial score (nSPS) is 19.4. The van der Waals surface area contributed by atoms with E-state index < -0.39 is 5.60 Å². The summed E-state index contributed by atoms with van der Waals surface area (Å²) in [6, 6.07) is 6.38. The first-order chi connectivity index (χ1) is 8.06. The fourth-order valence-corrected chi connectivity index (χ4v) is 2.66. The van der Waals surface area contributed by atoms with Crippen LogP contribution in [0.25, 0.3) is 0 Å². The Balaban J connectivity index is 2.16. The number of aliphatic hydroxyl groups is 1. The molecular formula is C14H22N2O. The Labute approximate surface area is 103 Å². The monoisotopic (exact) mass is 234 g/mol. The second kappa shape index (κ2) is 4.67. The van der Waals surface area contributed by atoms with Crippen molar-refractivity contribution in [2.75, 3.05) is 24.5 Å². The predicted molar refractivity (Wildman–Crippen MR) is 71.4 cm³/mol. The number of nitrogens with zero attached hydrogens (tertiary/aromatic N) is 1. The van der Waals surface area contributed by atoms with Crippen LogP contribution in [0.3, 0.4) is 0 Å². The molecule has 3 heteroatoms. The number of benzene rings is 1. The van der Waals surface area contributed by atoms with E-state index in [0.29, 0.717) is 6.54 Å². The van der Waals surface area contributed by atoms with E-state index in [9.17, 15) is 5.11 Å². The third kappa shape index (κ3) is 2.45. The maximum Gasteiger partial charge on any atom is 0.0803 e. The van der Waals surface area contributed by atoms with E-state index in [2.05, 4.69) is 36.9 Å². The second-order valence-electron chi connectivity index (χ2n) is 5.16. The fraction of sp³-hybridized carbons (Fsp3) is 0.571. The summed E-state index contributed by atoms with van der Waals surface area (Å²) in [5, 5.41) is 10.1. The van der Waals surface area contributed by atoms with E-state index >= 15 is 0 Å². The minimum absolute atomic E-state index is 0.369. The van der Waals surface area contributed by atoms with Gasteiger partial charge >= 0.3 is 0 Å². The highest BCUT2D eigenvalue weighted by atomic mass is 16.3. The first-order valence-electron chi connectivity index (χ1n) is 6.29. The van der Waals surface area contributed by atoms with Crippen LogP contribution in [0.2, 0.25) is 0 Å². The zero-order valence-electron chi connectivity index (χ0n) is 10.7. The molecule has 3 N–H and O–H groups in total. The summed E-state index contributed by atoms with van der Waals surface area (Å²) in [5.74, 6) is 0. The van der Waals surface area contributed by atoms with Crippen molar-refractivity contribution in [3.05, 3.63) is 29.3 Å². The molecule has 1 aliphatic heterocycles. The largest absolute Gasteiger partial charge is 0.388 e. The molecule has 1 fully saturated rings. The Bertz CT molecular complexity index is 375. The van der Waals surface area contributed by atoms with Crippen LogP contribution in [-0.4, -0.2) is 30.3 Å². The highest BCUT2D eigenvalue weighted by molar-refractivity contribution is 5.59. The highest BCUT2D eigenvalue weighted by Gasteiger charge is 2.31. The average Bonchev–Trinajstić information content (AvgIpc) is 2.31. The van der Waals surface area contributed by atoms with Crippen LogP contribution in [0.5, 0.6) is 0 Å². The number of rotatable bonds is 2. The molecule has 2 rings (SSSR count). The van der Waals surface area contributed by atoms with Crippen LogP contribution in [0.1, 0.15) is 24.0 Å². The summed E-state index contributed by atoms with van der Waals surface area (Å²) >= 11 is 0. The Morgan fingerprint density at radius 1 is 1.24 bits per heavy atom. The molecule has 0 unspecified atom stereocenters. The van der Waals surface area contributed by atoms with Crippen LogP contribution < -0.4 is 10.6 Å². The molecule has 0 atom stereocenters. The van der Waals surface area contributed by atoms with Crippen molar-refractivity contribution < 1.29 is 5.11 Å². The van der Waals surface area contributed by atoms with Crippen molar-refractivity contribution in [1.82, 2.24) is 0 Å². The van der Waals surface area contributed by atoms with Crippen molar-refractivity contribution in [3.8, 4) is 0 Å². The van der Waals surface area contributed by atoms with Gasteiger partial charge in [-0.1, -0.05) is 18.2 Å². The first-order valence-corrected chi connectivity index (χ1v) is 6.29. The highest BCUT2D eigenvalue weighted by Crippen LogP contribution is 2.30. The van der Waals surface area contributed by atoms with E-state index in [1.807, 2.05) is 0 Å². The molecule has 0 bridgehead atoms. The maximum absolute atomic E-state index is 10.1. The zero-order chi connectivity index (χ0) is 12.5. The fourth-order valence-electron chi connectivity index (χ4n) is 2.66.